The molecule has 24 heavy (non-hydrogen) atoms. The first kappa shape index (κ1) is 18.2. The number of hydrogen-bond donors (Lipinski definition) is 2. The van der Waals surface area contributed by atoms with Crippen LogP contribution in [0.4, 0.5) is 13.2 Å². The molecule has 0 amide bonds. The van der Waals surface area contributed by atoms with Crippen molar-refractivity contribution in [3.8, 4) is 11.5 Å². The fourth-order valence-electron chi connectivity index (χ4n) is 3.00. The van der Waals surface area contributed by atoms with Crippen molar-refractivity contribution >= 4 is 0 Å². The van der Waals surface area contributed by atoms with E-state index < -0.39 is 11.6 Å². The van der Waals surface area contributed by atoms with Gasteiger partial charge in [-0.15, -0.1) is 0 Å². The van der Waals surface area contributed by atoms with Crippen LogP contribution in [0, 0.1) is 5.92 Å². The third kappa shape index (κ3) is 3.35. The van der Waals surface area contributed by atoms with Crippen LogP contribution in [0.2, 0.25) is 0 Å². The van der Waals surface area contributed by atoms with Gasteiger partial charge in [0.2, 0.25) is 0 Å². The molecule has 1 unspecified atom stereocenters. The molecule has 0 aliphatic heterocycles. The van der Waals surface area contributed by atoms with Crippen molar-refractivity contribution in [1.29, 1.82) is 0 Å². The molecule has 2 N–H and O–H groups in total. The topological polar surface area (TPSA) is 40.5 Å². The maximum atomic E-state index is 14.3. The number of alkyl halides is 3. The number of benzene rings is 2. The van der Waals surface area contributed by atoms with E-state index in [0.29, 0.717) is 6.42 Å². The lowest BCUT2D eigenvalue weighted by Crippen LogP contribution is -2.44. The predicted octanol–water partition coefficient (Wildman–Crippen LogP) is 5.38. The molecule has 0 aliphatic carbocycles. The molecule has 0 spiro atoms. The molecule has 2 aromatic rings. The minimum Gasteiger partial charge on any atom is -0.508 e. The molecular formula is C19H21F3O2. The van der Waals surface area contributed by atoms with Gasteiger partial charge in [-0.05, 0) is 47.7 Å². The van der Waals surface area contributed by atoms with Crippen LogP contribution >= 0.6 is 0 Å². The van der Waals surface area contributed by atoms with E-state index in [0.717, 1.165) is 0 Å². The Hall–Kier alpha value is -2.17. The van der Waals surface area contributed by atoms with Crippen LogP contribution in [-0.2, 0) is 5.41 Å². The third-order valence-corrected chi connectivity index (χ3v) is 4.56. The molecule has 0 bridgehead atoms. The van der Waals surface area contributed by atoms with E-state index in [-0.39, 0.29) is 35.0 Å². The summed E-state index contributed by atoms with van der Waals surface area (Å²) in [5.41, 5.74) is -2.03. The first-order chi connectivity index (χ1) is 11.2. The summed E-state index contributed by atoms with van der Waals surface area (Å²) in [7, 11) is 0. The summed E-state index contributed by atoms with van der Waals surface area (Å²) in [6.45, 7) is 3.65. The van der Waals surface area contributed by atoms with E-state index in [2.05, 4.69) is 0 Å². The zero-order chi connectivity index (χ0) is 18.0. The van der Waals surface area contributed by atoms with Crippen LogP contribution < -0.4 is 0 Å². The van der Waals surface area contributed by atoms with Gasteiger partial charge in [-0.2, -0.15) is 13.2 Å². The molecule has 2 nitrogen and oxygen atoms in total. The SMILES string of the molecule is CCC(C)CC(c1ccc(O)cc1)(c1ccc(O)cc1)C(F)(F)F. The highest BCUT2D eigenvalue weighted by Gasteiger charge is 2.57. The smallest absolute Gasteiger partial charge is 0.402 e. The Labute approximate surface area is 139 Å². The van der Waals surface area contributed by atoms with Crippen molar-refractivity contribution in [2.75, 3.05) is 0 Å². The molecule has 2 aromatic carbocycles. The third-order valence-electron chi connectivity index (χ3n) is 4.56. The van der Waals surface area contributed by atoms with Crippen molar-refractivity contribution in [3.63, 3.8) is 0 Å². The Morgan fingerprint density at radius 3 is 1.50 bits per heavy atom. The molecular weight excluding hydrogens is 317 g/mol. The van der Waals surface area contributed by atoms with Crippen molar-refractivity contribution in [2.45, 2.75) is 38.3 Å². The summed E-state index contributed by atoms with van der Waals surface area (Å²) in [6.07, 6.45) is -4.01. The molecule has 0 aromatic heterocycles. The highest BCUT2D eigenvalue weighted by molar-refractivity contribution is 5.44. The minimum atomic E-state index is -4.52. The van der Waals surface area contributed by atoms with Crippen LogP contribution in [0.15, 0.2) is 48.5 Å². The first-order valence-electron chi connectivity index (χ1n) is 7.86. The van der Waals surface area contributed by atoms with Crippen LogP contribution in [0.1, 0.15) is 37.8 Å². The van der Waals surface area contributed by atoms with E-state index >= 15 is 0 Å². The van der Waals surface area contributed by atoms with Gasteiger partial charge in [0, 0.05) is 0 Å². The van der Waals surface area contributed by atoms with Crippen LogP contribution in [-0.4, -0.2) is 16.4 Å². The largest absolute Gasteiger partial charge is 0.508 e. The molecule has 0 aliphatic rings. The molecule has 1 atom stereocenters. The molecule has 0 saturated carbocycles. The number of hydrogen-bond acceptors (Lipinski definition) is 2. The molecule has 5 heteroatoms. The van der Waals surface area contributed by atoms with Gasteiger partial charge >= 0.3 is 6.18 Å². The quantitative estimate of drug-likeness (QED) is 0.768. The van der Waals surface area contributed by atoms with Gasteiger partial charge < -0.3 is 10.2 Å². The monoisotopic (exact) mass is 338 g/mol. The zero-order valence-electron chi connectivity index (χ0n) is 13.6. The van der Waals surface area contributed by atoms with Crippen molar-refractivity contribution in [1.82, 2.24) is 0 Å². The second-order valence-electron chi connectivity index (χ2n) is 6.21. The van der Waals surface area contributed by atoms with Gasteiger partial charge in [0.1, 0.15) is 16.9 Å². The summed E-state index contributed by atoms with van der Waals surface area (Å²) in [6, 6.07) is 10.4. The summed E-state index contributed by atoms with van der Waals surface area (Å²) in [5, 5.41) is 18.9. The number of phenolic OH excluding ortho intramolecular Hbond substituents is 2. The fraction of sp³-hybridized carbons (Fsp3) is 0.368. The Morgan fingerprint density at radius 1 is 0.833 bits per heavy atom. The molecule has 0 heterocycles. The second kappa shape index (κ2) is 6.75. The maximum absolute atomic E-state index is 14.3. The highest BCUT2D eigenvalue weighted by Crippen LogP contribution is 2.51. The van der Waals surface area contributed by atoms with E-state index in [9.17, 15) is 23.4 Å². The van der Waals surface area contributed by atoms with Gasteiger partial charge in [-0.1, -0.05) is 44.5 Å². The van der Waals surface area contributed by atoms with E-state index in [1.54, 1.807) is 6.92 Å². The summed E-state index contributed by atoms with van der Waals surface area (Å²) < 4.78 is 43.0. The predicted molar refractivity (Wildman–Crippen MR) is 87.1 cm³/mol. The van der Waals surface area contributed by atoms with E-state index in [1.807, 2.05) is 6.92 Å². The summed E-state index contributed by atoms with van der Waals surface area (Å²) in [5.74, 6) is -0.317. The van der Waals surface area contributed by atoms with Crippen LogP contribution in [0.5, 0.6) is 11.5 Å². The zero-order valence-corrected chi connectivity index (χ0v) is 13.6. The number of phenols is 2. The van der Waals surface area contributed by atoms with Crippen molar-refractivity contribution < 1.29 is 23.4 Å². The average Bonchev–Trinajstić information content (AvgIpc) is 2.53. The van der Waals surface area contributed by atoms with Crippen LogP contribution in [0.25, 0.3) is 0 Å². The van der Waals surface area contributed by atoms with Gasteiger partial charge in [0.25, 0.3) is 0 Å². The fourth-order valence-corrected chi connectivity index (χ4v) is 3.00. The number of halogens is 3. The van der Waals surface area contributed by atoms with Gasteiger partial charge in [-0.25, -0.2) is 0 Å². The van der Waals surface area contributed by atoms with Gasteiger partial charge in [-0.3, -0.25) is 0 Å². The average molecular weight is 338 g/mol. The molecule has 0 radical (unpaired) electrons. The van der Waals surface area contributed by atoms with Crippen molar-refractivity contribution in [3.05, 3.63) is 59.7 Å². The summed E-state index contributed by atoms with van der Waals surface area (Å²) in [4.78, 5) is 0. The van der Waals surface area contributed by atoms with Gasteiger partial charge in [0.05, 0.1) is 0 Å². The first-order valence-corrected chi connectivity index (χ1v) is 7.86. The standard InChI is InChI=1S/C19H21F3O2/c1-3-13(2)12-18(19(20,21)22,14-4-8-16(23)9-5-14)15-6-10-17(24)11-7-15/h4-11,13,23-24H,3,12H2,1-2H3. The van der Waals surface area contributed by atoms with E-state index in [4.69, 9.17) is 0 Å². The Morgan fingerprint density at radius 2 is 1.21 bits per heavy atom. The van der Waals surface area contributed by atoms with Crippen LogP contribution in [0.3, 0.4) is 0 Å². The Balaban J connectivity index is 2.73. The van der Waals surface area contributed by atoms with E-state index in [1.165, 1.54) is 48.5 Å². The second-order valence-corrected chi connectivity index (χ2v) is 6.21. The molecule has 130 valence electrons. The maximum Gasteiger partial charge on any atom is 0.402 e. The lowest BCUT2D eigenvalue weighted by Gasteiger charge is -2.39. The minimum absolute atomic E-state index is 0.0796. The van der Waals surface area contributed by atoms with Crippen molar-refractivity contribution in [2.24, 2.45) is 5.92 Å². The molecule has 0 saturated heterocycles. The molecule has 0 fully saturated rings. The summed E-state index contributed by atoms with van der Waals surface area (Å²) >= 11 is 0. The highest BCUT2D eigenvalue weighted by atomic mass is 19.4. The number of rotatable bonds is 5. The number of aromatic hydroxyl groups is 2. The lowest BCUT2D eigenvalue weighted by molar-refractivity contribution is -0.183. The van der Waals surface area contributed by atoms with Gasteiger partial charge in [0.15, 0.2) is 0 Å². The lowest BCUT2D eigenvalue weighted by atomic mass is 9.68. The Bertz CT molecular complexity index is 615. The Kier molecular flexibility index (Phi) is 5.11. The normalized spacial score (nSPS) is 13.7. The molecule has 2 rings (SSSR count).